The van der Waals surface area contributed by atoms with Gasteiger partial charge in [0.05, 0.1) is 24.1 Å². The van der Waals surface area contributed by atoms with Crippen LogP contribution in [0.15, 0.2) is 35.3 Å². The summed E-state index contributed by atoms with van der Waals surface area (Å²) >= 11 is 0. The molecule has 0 aromatic carbocycles. The summed E-state index contributed by atoms with van der Waals surface area (Å²) in [6.07, 6.45) is 5.27. The van der Waals surface area contributed by atoms with Gasteiger partial charge >= 0.3 is 5.97 Å². The molecule has 0 bridgehead atoms. The van der Waals surface area contributed by atoms with Crippen LogP contribution in [0.5, 0.6) is 0 Å². The molecule has 108 valence electrons. The van der Waals surface area contributed by atoms with E-state index in [0.29, 0.717) is 12.8 Å². The molecule has 0 saturated heterocycles. The molecule has 0 fully saturated rings. The standard InChI is InChI=1S/C12H18FNO4S/c1-3-8-19(16,17)14-10-7-5-4-6-9(11(10)13)12(15)18-2/h5-7,14,16-17H,3-4,8H2,1-2H3. The fraction of sp³-hybridized carbons (Fsp3) is 0.417. The highest BCUT2D eigenvalue weighted by molar-refractivity contribution is 8.22. The summed E-state index contributed by atoms with van der Waals surface area (Å²) < 4.78 is 40.4. The SMILES string of the molecule is CCCS(O)(O)NC1=C(F)C(C(=O)OC)=CCC=C1. The van der Waals surface area contributed by atoms with Crippen molar-refractivity contribution < 1.29 is 23.0 Å². The number of esters is 1. The van der Waals surface area contributed by atoms with Crippen LogP contribution in [-0.4, -0.2) is 27.9 Å². The van der Waals surface area contributed by atoms with Crippen LogP contribution >= 0.6 is 10.8 Å². The van der Waals surface area contributed by atoms with Gasteiger partial charge in [0.1, 0.15) is 0 Å². The van der Waals surface area contributed by atoms with Crippen molar-refractivity contribution in [1.29, 1.82) is 0 Å². The second-order valence-corrected chi connectivity index (χ2v) is 5.89. The molecule has 0 aliphatic heterocycles. The lowest BCUT2D eigenvalue weighted by molar-refractivity contribution is -0.136. The fourth-order valence-corrected chi connectivity index (χ4v) is 2.73. The van der Waals surface area contributed by atoms with Crippen LogP contribution in [-0.2, 0) is 9.53 Å². The van der Waals surface area contributed by atoms with Crippen molar-refractivity contribution in [3.63, 3.8) is 0 Å². The maximum atomic E-state index is 14.2. The minimum absolute atomic E-state index is 0.106. The summed E-state index contributed by atoms with van der Waals surface area (Å²) in [5.41, 5.74) is -0.343. The fourth-order valence-electron chi connectivity index (χ4n) is 1.55. The molecule has 5 nitrogen and oxygen atoms in total. The van der Waals surface area contributed by atoms with Gasteiger partial charge < -0.3 is 4.74 Å². The van der Waals surface area contributed by atoms with E-state index in [1.807, 2.05) is 0 Å². The van der Waals surface area contributed by atoms with E-state index in [9.17, 15) is 18.3 Å². The number of allylic oxidation sites excluding steroid dienone is 3. The van der Waals surface area contributed by atoms with Crippen LogP contribution < -0.4 is 4.72 Å². The van der Waals surface area contributed by atoms with E-state index in [4.69, 9.17) is 0 Å². The molecule has 1 rings (SSSR count). The van der Waals surface area contributed by atoms with E-state index in [1.54, 1.807) is 13.0 Å². The van der Waals surface area contributed by atoms with Crippen molar-refractivity contribution in [2.24, 2.45) is 0 Å². The van der Waals surface area contributed by atoms with Gasteiger partial charge in [0.25, 0.3) is 0 Å². The normalized spacial score (nSPS) is 16.8. The van der Waals surface area contributed by atoms with Gasteiger partial charge in [-0.3, -0.25) is 13.8 Å². The number of methoxy groups -OCH3 is 1. The topological polar surface area (TPSA) is 78.8 Å². The van der Waals surface area contributed by atoms with Gasteiger partial charge in [0, 0.05) is 0 Å². The van der Waals surface area contributed by atoms with Gasteiger partial charge in [-0.15, -0.1) is 10.8 Å². The molecule has 0 saturated carbocycles. The Balaban J connectivity index is 3.03. The number of halogens is 1. The average molecular weight is 291 g/mol. The van der Waals surface area contributed by atoms with E-state index < -0.39 is 22.6 Å². The Morgan fingerprint density at radius 2 is 2.26 bits per heavy atom. The first-order chi connectivity index (χ1) is 8.91. The van der Waals surface area contributed by atoms with Gasteiger partial charge in [0.15, 0.2) is 5.83 Å². The van der Waals surface area contributed by atoms with Crippen LogP contribution in [0.1, 0.15) is 19.8 Å². The third-order valence-electron chi connectivity index (χ3n) is 2.38. The Labute approximate surface area is 113 Å². The van der Waals surface area contributed by atoms with Crippen LogP contribution in [0, 0.1) is 0 Å². The minimum atomic E-state index is -3.11. The van der Waals surface area contributed by atoms with Gasteiger partial charge in [-0.25, -0.2) is 9.18 Å². The Morgan fingerprint density at radius 3 is 2.84 bits per heavy atom. The van der Waals surface area contributed by atoms with Crippen molar-refractivity contribution in [2.45, 2.75) is 19.8 Å². The number of carbonyl (C=O) groups excluding carboxylic acids is 1. The predicted molar refractivity (Wildman–Crippen MR) is 73.1 cm³/mol. The predicted octanol–water partition coefficient (Wildman–Crippen LogP) is 2.89. The molecule has 1 aliphatic carbocycles. The summed E-state index contributed by atoms with van der Waals surface area (Å²) in [6.45, 7) is 1.78. The van der Waals surface area contributed by atoms with Gasteiger partial charge in [-0.05, 0) is 18.9 Å². The summed E-state index contributed by atoms with van der Waals surface area (Å²) in [4.78, 5) is 11.4. The zero-order valence-electron chi connectivity index (χ0n) is 10.9. The van der Waals surface area contributed by atoms with E-state index in [0.717, 1.165) is 7.11 Å². The summed E-state index contributed by atoms with van der Waals surface area (Å²) in [7, 11) is -1.96. The van der Waals surface area contributed by atoms with Gasteiger partial charge in [-0.1, -0.05) is 19.1 Å². The average Bonchev–Trinajstić information content (AvgIpc) is 2.51. The van der Waals surface area contributed by atoms with Crippen molar-refractivity contribution in [3.05, 3.63) is 35.3 Å². The molecule has 0 atom stereocenters. The Morgan fingerprint density at radius 1 is 1.58 bits per heavy atom. The van der Waals surface area contributed by atoms with Crippen molar-refractivity contribution >= 4 is 16.7 Å². The molecule has 1 aliphatic rings. The lowest BCUT2D eigenvalue weighted by atomic mass is 10.2. The maximum absolute atomic E-state index is 14.2. The summed E-state index contributed by atoms with van der Waals surface area (Å²) in [5, 5.41) is 0. The highest BCUT2D eigenvalue weighted by Crippen LogP contribution is 2.37. The van der Waals surface area contributed by atoms with E-state index in [1.165, 1.54) is 12.2 Å². The highest BCUT2D eigenvalue weighted by Gasteiger charge is 2.22. The first kappa shape index (κ1) is 15.7. The third kappa shape index (κ3) is 4.38. The molecule has 0 amide bonds. The molecule has 0 radical (unpaired) electrons. The molecular formula is C12H18FNO4S. The number of nitrogens with one attached hydrogen (secondary N) is 1. The molecular weight excluding hydrogens is 273 g/mol. The molecule has 0 aromatic heterocycles. The number of hydrogen-bond donors (Lipinski definition) is 3. The van der Waals surface area contributed by atoms with Crippen molar-refractivity contribution in [2.75, 3.05) is 12.9 Å². The number of hydrogen-bond acceptors (Lipinski definition) is 5. The Bertz CT molecular complexity index is 443. The van der Waals surface area contributed by atoms with Crippen molar-refractivity contribution in [1.82, 2.24) is 4.72 Å². The first-order valence-electron chi connectivity index (χ1n) is 5.80. The number of carbonyl (C=O) groups is 1. The largest absolute Gasteiger partial charge is 0.465 e. The molecule has 7 heteroatoms. The monoisotopic (exact) mass is 291 g/mol. The van der Waals surface area contributed by atoms with Crippen LogP contribution in [0.4, 0.5) is 4.39 Å². The van der Waals surface area contributed by atoms with Crippen LogP contribution in [0.3, 0.4) is 0 Å². The minimum Gasteiger partial charge on any atom is -0.465 e. The smallest absolute Gasteiger partial charge is 0.340 e. The van der Waals surface area contributed by atoms with Crippen molar-refractivity contribution in [3.8, 4) is 0 Å². The lowest BCUT2D eigenvalue weighted by Crippen LogP contribution is -2.22. The second-order valence-electron chi connectivity index (χ2n) is 3.95. The zero-order chi connectivity index (χ0) is 14.5. The number of rotatable bonds is 5. The number of ether oxygens (including phenoxy) is 1. The Kier molecular flexibility index (Phi) is 5.59. The van der Waals surface area contributed by atoms with Crippen LogP contribution in [0.25, 0.3) is 0 Å². The summed E-state index contributed by atoms with van der Waals surface area (Å²) in [6, 6.07) is 0. The molecule has 19 heavy (non-hydrogen) atoms. The maximum Gasteiger partial charge on any atom is 0.340 e. The first-order valence-corrected chi connectivity index (χ1v) is 7.51. The molecule has 3 N–H and O–H groups in total. The molecule has 0 aromatic rings. The third-order valence-corrected chi connectivity index (χ3v) is 3.91. The van der Waals surface area contributed by atoms with Crippen LogP contribution in [0.2, 0.25) is 0 Å². The van der Waals surface area contributed by atoms with E-state index >= 15 is 0 Å². The quantitative estimate of drug-likeness (QED) is 0.679. The summed E-state index contributed by atoms with van der Waals surface area (Å²) in [5.74, 6) is -1.54. The van der Waals surface area contributed by atoms with E-state index in [-0.39, 0.29) is 17.0 Å². The molecule has 0 unspecified atom stereocenters. The molecule has 0 heterocycles. The lowest BCUT2D eigenvalue weighted by Gasteiger charge is -2.33. The molecule has 0 spiro atoms. The zero-order valence-corrected chi connectivity index (χ0v) is 11.7. The van der Waals surface area contributed by atoms with Gasteiger partial charge in [-0.2, -0.15) is 0 Å². The van der Waals surface area contributed by atoms with E-state index in [2.05, 4.69) is 9.46 Å². The van der Waals surface area contributed by atoms with Gasteiger partial charge in [0.2, 0.25) is 0 Å². The Hall–Kier alpha value is -1.31. The highest BCUT2D eigenvalue weighted by atomic mass is 32.3. The second kappa shape index (κ2) is 6.74.